The molecule has 0 aromatic heterocycles. The van der Waals surface area contributed by atoms with Gasteiger partial charge in [0.15, 0.2) is 11.5 Å². The van der Waals surface area contributed by atoms with Crippen molar-refractivity contribution in [3.05, 3.63) is 52.0 Å². The average molecular weight is 408 g/mol. The Morgan fingerprint density at radius 2 is 1.60 bits per heavy atom. The number of nitrogens with zero attached hydrogens (tertiary/aromatic N) is 1. The first-order chi connectivity index (χ1) is 12.0. The van der Waals surface area contributed by atoms with Crippen molar-refractivity contribution in [2.75, 3.05) is 34.9 Å². The fourth-order valence-corrected chi connectivity index (χ4v) is 2.91. The van der Waals surface area contributed by atoms with Crippen LogP contribution < -0.4 is 14.2 Å². The lowest BCUT2D eigenvalue weighted by atomic mass is 10.1. The summed E-state index contributed by atoms with van der Waals surface area (Å²) in [5, 5.41) is 0. The second-order valence-corrected chi connectivity index (χ2v) is 6.37. The predicted molar refractivity (Wildman–Crippen MR) is 101 cm³/mol. The van der Waals surface area contributed by atoms with Crippen LogP contribution in [0.25, 0.3) is 0 Å². The number of benzene rings is 2. The summed E-state index contributed by atoms with van der Waals surface area (Å²) in [4.78, 5) is 14.4. The molecule has 2 rings (SSSR count). The monoisotopic (exact) mass is 407 g/mol. The Bertz CT molecular complexity index is 731. The molecule has 0 saturated heterocycles. The molecule has 2 aromatic carbocycles. The highest BCUT2D eigenvalue weighted by Gasteiger charge is 2.18. The highest BCUT2D eigenvalue weighted by Crippen LogP contribution is 2.33. The molecule has 2 aromatic rings. The Kier molecular flexibility index (Phi) is 6.70. The van der Waals surface area contributed by atoms with E-state index in [-0.39, 0.29) is 5.91 Å². The summed E-state index contributed by atoms with van der Waals surface area (Å²) >= 11 is 3.44. The number of halogens is 1. The molecular formula is C19H22BrNO4. The van der Waals surface area contributed by atoms with E-state index in [9.17, 15) is 4.79 Å². The van der Waals surface area contributed by atoms with E-state index in [1.54, 1.807) is 45.4 Å². The van der Waals surface area contributed by atoms with Crippen molar-refractivity contribution >= 4 is 21.8 Å². The fraction of sp³-hybridized carbons (Fsp3) is 0.316. The van der Waals surface area contributed by atoms with Crippen LogP contribution in [0.4, 0.5) is 0 Å². The number of likely N-dealkylation sites (N-methyl/N-ethyl adjacent to an activating group) is 1. The van der Waals surface area contributed by atoms with Crippen molar-refractivity contribution in [3.8, 4) is 17.2 Å². The van der Waals surface area contributed by atoms with Gasteiger partial charge in [-0.05, 0) is 52.2 Å². The number of ether oxygens (including phenoxy) is 3. The molecule has 0 aliphatic heterocycles. The van der Waals surface area contributed by atoms with Crippen LogP contribution in [0.3, 0.4) is 0 Å². The third kappa shape index (κ3) is 4.66. The fourth-order valence-electron chi connectivity index (χ4n) is 2.41. The van der Waals surface area contributed by atoms with Crippen LogP contribution in [0.15, 0.2) is 40.9 Å². The van der Waals surface area contributed by atoms with Crippen molar-refractivity contribution in [1.29, 1.82) is 0 Å². The number of carbonyl (C=O) groups excluding carboxylic acids is 1. The van der Waals surface area contributed by atoms with Gasteiger partial charge in [-0.3, -0.25) is 4.79 Å². The first kappa shape index (κ1) is 19.1. The van der Waals surface area contributed by atoms with Crippen molar-refractivity contribution in [2.45, 2.75) is 6.42 Å². The lowest BCUT2D eigenvalue weighted by Gasteiger charge is -2.19. The third-order valence-corrected chi connectivity index (χ3v) is 4.60. The van der Waals surface area contributed by atoms with Crippen LogP contribution in [0, 0.1) is 0 Å². The number of methoxy groups -OCH3 is 3. The van der Waals surface area contributed by atoms with Gasteiger partial charge in [-0.25, -0.2) is 0 Å². The average Bonchev–Trinajstić information content (AvgIpc) is 2.65. The van der Waals surface area contributed by atoms with Gasteiger partial charge in [-0.2, -0.15) is 0 Å². The molecule has 134 valence electrons. The van der Waals surface area contributed by atoms with Crippen LogP contribution in [0.2, 0.25) is 0 Å². The first-order valence-electron chi connectivity index (χ1n) is 7.80. The third-order valence-electron chi connectivity index (χ3n) is 3.95. The molecule has 0 radical (unpaired) electrons. The van der Waals surface area contributed by atoms with Crippen LogP contribution in [0.1, 0.15) is 15.9 Å². The molecule has 0 unspecified atom stereocenters. The van der Waals surface area contributed by atoms with Crippen LogP contribution >= 0.6 is 15.9 Å². The van der Waals surface area contributed by atoms with Gasteiger partial charge in [0.25, 0.3) is 5.91 Å². The first-order valence-corrected chi connectivity index (χ1v) is 8.59. The molecular weight excluding hydrogens is 386 g/mol. The number of hydrogen-bond acceptors (Lipinski definition) is 4. The van der Waals surface area contributed by atoms with Crippen LogP contribution in [-0.2, 0) is 6.42 Å². The quantitative estimate of drug-likeness (QED) is 0.700. The molecule has 5 nitrogen and oxygen atoms in total. The van der Waals surface area contributed by atoms with Gasteiger partial charge in [0.05, 0.1) is 26.9 Å². The molecule has 0 spiro atoms. The number of rotatable bonds is 7. The molecule has 0 atom stereocenters. The number of amides is 1. The van der Waals surface area contributed by atoms with E-state index in [4.69, 9.17) is 14.2 Å². The maximum Gasteiger partial charge on any atom is 0.254 e. The zero-order chi connectivity index (χ0) is 18.4. The molecule has 0 aliphatic carbocycles. The molecule has 0 bridgehead atoms. The summed E-state index contributed by atoms with van der Waals surface area (Å²) in [6, 6.07) is 11.3. The van der Waals surface area contributed by atoms with E-state index in [1.165, 1.54) is 0 Å². The van der Waals surface area contributed by atoms with Crippen molar-refractivity contribution in [2.24, 2.45) is 0 Å². The summed E-state index contributed by atoms with van der Waals surface area (Å²) in [6.45, 7) is 0.603. The van der Waals surface area contributed by atoms with Gasteiger partial charge in [0, 0.05) is 18.1 Å². The van der Waals surface area contributed by atoms with Crippen LogP contribution in [0.5, 0.6) is 17.2 Å². The number of carbonyl (C=O) groups is 1. The van der Waals surface area contributed by atoms with Crippen LogP contribution in [-0.4, -0.2) is 45.7 Å². The topological polar surface area (TPSA) is 48.0 Å². The second-order valence-electron chi connectivity index (χ2n) is 5.51. The van der Waals surface area contributed by atoms with E-state index in [2.05, 4.69) is 15.9 Å². The molecule has 1 amide bonds. The normalized spacial score (nSPS) is 10.3. The molecule has 6 heteroatoms. The molecule has 0 fully saturated rings. The Hall–Kier alpha value is -2.21. The standard InChI is InChI=1S/C19H22BrNO4/c1-21(10-9-13-5-7-14(23-2)8-6-13)19(22)15-11-17(24-3)18(25-4)12-16(15)20/h5-8,11-12H,9-10H2,1-4H3. The highest BCUT2D eigenvalue weighted by atomic mass is 79.9. The second kappa shape index (κ2) is 8.76. The van der Waals surface area contributed by atoms with E-state index in [0.717, 1.165) is 17.7 Å². The SMILES string of the molecule is COc1ccc(CCN(C)C(=O)c2cc(OC)c(OC)cc2Br)cc1. The lowest BCUT2D eigenvalue weighted by molar-refractivity contribution is 0.0795. The largest absolute Gasteiger partial charge is 0.497 e. The Morgan fingerprint density at radius 1 is 1.00 bits per heavy atom. The van der Waals surface area contributed by atoms with Gasteiger partial charge >= 0.3 is 0 Å². The molecule has 25 heavy (non-hydrogen) atoms. The van der Waals surface area contributed by atoms with E-state index in [1.807, 2.05) is 24.3 Å². The minimum Gasteiger partial charge on any atom is -0.497 e. The summed E-state index contributed by atoms with van der Waals surface area (Å²) in [6.07, 6.45) is 0.761. The Labute approximate surface area is 156 Å². The maximum atomic E-state index is 12.7. The smallest absolute Gasteiger partial charge is 0.254 e. The minimum atomic E-state index is -0.0821. The van der Waals surface area contributed by atoms with Gasteiger partial charge in [0.1, 0.15) is 5.75 Å². The van der Waals surface area contributed by atoms with Gasteiger partial charge < -0.3 is 19.1 Å². The van der Waals surface area contributed by atoms with Crippen molar-refractivity contribution in [1.82, 2.24) is 4.90 Å². The molecule has 0 aliphatic rings. The zero-order valence-corrected chi connectivity index (χ0v) is 16.4. The van der Waals surface area contributed by atoms with Crippen molar-refractivity contribution < 1.29 is 19.0 Å². The molecule has 0 N–H and O–H groups in total. The van der Waals surface area contributed by atoms with E-state index in [0.29, 0.717) is 28.1 Å². The number of hydrogen-bond donors (Lipinski definition) is 0. The summed E-state index contributed by atoms with van der Waals surface area (Å²) < 4.78 is 16.4. The Balaban J connectivity index is 2.08. The van der Waals surface area contributed by atoms with Gasteiger partial charge in [-0.15, -0.1) is 0 Å². The lowest BCUT2D eigenvalue weighted by Crippen LogP contribution is -2.29. The molecule has 0 heterocycles. The summed E-state index contributed by atoms with van der Waals surface area (Å²) in [7, 11) is 6.54. The highest BCUT2D eigenvalue weighted by molar-refractivity contribution is 9.10. The molecule has 0 saturated carbocycles. The van der Waals surface area contributed by atoms with Crippen molar-refractivity contribution in [3.63, 3.8) is 0 Å². The minimum absolute atomic E-state index is 0.0821. The van der Waals surface area contributed by atoms with E-state index < -0.39 is 0 Å². The summed E-state index contributed by atoms with van der Waals surface area (Å²) in [5.74, 6) is 1.84. The predicted octanol–water partition coefficient (Wildman–Crippen LogP) is 3.79. The Morgan fingerprint density at radius 3 is 2.16 bits per heavy atom. The van der Waals surface area contributed by atoms with Gasteiger partial charge in [0.2, 0.25) is 0 Å². The maximum absolute atomic E-state index is 12.7. The van der Waals surface area contributed by atoms with Gasteiger partial charge in [-0.1, -0.05) is 12.1 Å². The van der Waals surface area contributed by atoms with E-state index >= 15 is 0 Å². The summed E-state index contributed by atoms with van der Waals surface area (Å²) in [5.41, 5.74) is 1.68. The zero-order valence-electron chi connectivity index (χ0n) is 14.8.